The molecule has 1 aliphatic rings. The predicted octanol–water partition coefficient (Wildman–Crippen LogP) is 2.89. The summed E-state index contributed by atoms with van der Waals surface area (Å²) >= 11 is 0. The summed E-state index contributed by atoms with van der Waals surface area (Å²) in [4.78, 5) is 13.7. The minimum absolute atomic E-state index is 0.527. The highest BCUT2D eigenvalue weighted by Crippen LogP contribution is 2.35. The van der Waals surface area contributed by atoms with Gasteiger partial charge in [-0.15, -0.1) is 0 Å². The molecule has 3 nitrogen and oxygen atoms in total. The van der Waals surface area contributed by atoms with Crippen LogP contribution in [0.1, 0.15) is 59.3 Å². The number of hydrogen-bond donors (Lipinski definition) is 1. The molecule has 0 amide bonds. The van der Waals surface area contributed by atoms with Crippen LogP contribution >= 0.6 is 0 Å². The molecule has 1 aliphatic carbocycles. The Hall–Kier alpha value is -0.570. The van der Waals surface area contributed by atoms with Gasteiger partial charge in [-0.05, 0) is 39.2 Å². The van der Waals surface area contributed by atoms with Crippen LogP contribution in [-0.4, -0.2) is 34.1 Å². The Morgan fingerprint density at radius 1 is 1.38 bits per heavy atom. The van der Waals surface area contributed by atoms with Gasteiger partial charge < -0.3 is 5.11 Å². The molecule has 0 aromatic rings. The maximum absolute atomic E-state index is 11.5. The van der Waals surface area contributed by atoms with Gasteiger partial charge in [0.2, 0.25) is 0 Å². The number of unbranched alkanes of at least 4 members (excludes halogenated alkanes) is 1. The van der Waals surface area contributed by atoms with E-state index in [1.807, 2.05) is 6.92 Å². The molecule has 1 fully saturated rings. The Kier molecular flexibility index (Phi) is 4.78. The third kappa shape index (κ3) is 2.97. The molecule has 1 rings (SSSR count). The number of carboxylic acid groups (broad SMARTS) is 1. The Morgan fingerprint density at radius 2 is 2.00 bits per heavy atom. The monoisotopic (exact) mass is 227 g/mol. The van der Waals surface area contributed by atoms with Gasteiger partial charge in [0.1, 0.15) is 5.54 Å². The lowest BCUT2D eigenvalue weighted by Crippen LogP contribution is -2.53. The highest BCUT2D eigenvalue weighted by atomic mass is 16.4. The van der Waals surface area contributed by atoms with Gasteiger partial charge in [-0.25, -0.2) is 0 Å². The number of rotatable bonds is 8. The van der Waals surface area contributed by atoms with Gasteiger partial charge in [-0.1, -0.05) is 26.7 Å². The smallest absolute Gasteiger partial charge is 0.323 e. The summed E-state index contributed by atoms with van der Waals surface area (Å²) in [5, 5.41) is 9.47. The number of carboxylic acids is 1. The van der Waals surface area contributed by atoms with Crippen molar-refractivity contribution in [2.24, 2.45) is 0 Å². The zero-order valence-corrected chi connectivity index (χ0v) is 10.8. The molecule has 0 saturated heterocycles. The standard InChI is InChI=1S/C13H25NO2/c1-4-6-10-14(11-7-8-11)13(3,9-5-2)12(15)16/h11H,4-10H2,1-3H3,(H,15,16). The molecular formula is C13H25NO2. The van der Waals surface area contributed by atoms with E-state index in [4.69, 9.17) is 0 Å². The van der Waals surface area contributed by atoms with Gasteiger partial charge in [0.15, 0.2) is 0 Å². The topological polar surface area (TPSA) is 40.5 Å². The second-order valence-corrected chi connectivity index (χ2v) is 5.11. The number of carbonyl (C=O) groups is 1. The number of hydrogen-bond acceptors (Lipinski definition) is 2. The number of aliphatic carboxylic acids is 1. The van der Waals surface area contributed by atoms with Gasteiger partial charge in [0, 0.05) is 6.04 Å². The zero-order valence-electron chi connectivity index (χ0n) is 10.8. The van der Waals surface area contributed by atoms with E-state index in [1.165, 1.54) is 12.8 Å². The first kappa shape index (κ1) is 13.5. The maximum atomic E-state index is 11.5. The molecule has 0 radical (unpaired) electrons. The Balaban J connectivity index is 2.73. The van der Waals surface area contributed by atoms with Gasteiger partial charge in [-0.2, -0.15) is 0 Å². The lowest BCUT2D eigenvalue weighted by Gasteiger charge is -2.38. The van der Waals surface area contributed by atoms with Crippen LogP contribution in [0.4, 0.5) is 0 Å². The fraction of sp³-hybridized carbons (Fsp3) is 0.923. The highest BCUT2D eigenvalue weighted by Gasteiger charge is 2.45. The largest absolute Gasteiger partial charge is 0.480 e. The lowest BCUT2D eigenvalue weighted by molar-refractivity contribution is -0.151. The van der Waals surface area contributed by atoms with Crippen molar-refractivity contribution in [3.63, 3.8) is 0 Å². The molecule has 16 heavy (non-hydrogen) atoms. The minimum Gasteiger partial charge on any atom is -0.480 e. The van der Waals surface area contributed by atoms with Crippen LogP contribution in [0.15, 0.2) is 0 Å². The van der Waals surface area contributed by atoms with Crippen LogP contribution in [0.3, 0.4) is 0 Å². The molecule has 1 unspecified atom stereocenters. The fourth-order valence-electron chi connectivity index (χ4n) is 2.41. The van der Waals surface area contributed by atoms with Crippen LogP contribution in [-0.2, 0) is 4.79 Å². The Morgan fingerprint density at radius 3 is 2.38 bits per heavy atom. The number of nitrogens with zero attached hydrogens (tertiary/aromatic N) is 1. The quantitative estimate of drug-likeness (QED) is 0.693. The van der Waals surface area contributed by atoms with E-state index < -0.39 is 11.5 Å². The second kappa shape index (κ2) is 5.67. The van der Waals surface area contributed by atoms with Gasteiger partial charge >= 0.3 is 5.97 Å². The van der Waals surface area contributed by atoms with Crippen molar-refractivity contribution >= 4 is 5.97 Å². The van der Waals surface area contributed by atoms with E-state index in [0.717, 1.165) is 32.2 Å². The van der Waals surface area contributed by atoms with Crippen LogP contribution in [0.2, 0.25) is 0 Å². The van der Waals surface area contributed by atoms with Crippen molar-refractivity contribution in [2.45, 2.75) is 70.9 Å². The summed E-state index contributed by atoms with van der Waals surface area (Å²) in [5.74, 6) is -0.655. The van der Waals surface area contributed by atoms with E-state index in [2.05, 4.69) is 18.7 Å². The Bertz CT molecular complexity index is 238. The van der Waals surface area contributed by atoms with E-state index >= 15 is 0 Å². The first-order chi connectivity index (χ1) is 7.56. The summed E-state index contributed by atoms with van der Waals surface area (Å²) < 4.78 is 0. The third-order valence-corrected chi connectivity index (χ3v) is 3.57. The molecule has 0 heterocycles. The van der Waals surface area contributed by atoms with Gasteiger partial charge in [-0.3, -0.25) is 9.69 Å². The molecule has 0 aliphatic heterocycles. The van der Waals surface area contributed by atoms with Crippen molar-refractivity contribution in [1.82, 2.24) is 4.90 Å². The van der Waals surface area contributed by atoms with Crippen LogP contribution in [0.5, 0.6) is 0 Å². The maximum Gasteiger partial charge on any atom is 0.323 e. The molecule has 3 heteroatoms. The van der Waals surface area contributed by atoms with Crippen molar-refractivity contribution < 1.29 is 9.90 Å². The lowest BCUT2D eigenvalue weighted by atomic mass is 9.93. The predicted molar refractivity (Wildman–Crippen MR) is 65.6 cm³/mol. The molecule has 1 atom stereocenters. The molecular weight excluding hydrogens is 202 g/mol. The average molecular weight is 227 g/mol. The van der Waals surface area contributed by atoms with E-state index in [9.17, 15) is 9.90 Å². The van der Waals surface area contributed by atoms with Crippen LogP contribution in [0, 0.1) is 0 Å². The van der Waals surface area contributed by atoms with Gasteiger partial charge in [0.05, 0.1) is 0 Å². The Labute approximate surface area is 98.8 Å². The SMILES string of the molecule is CCCCN(C1CC1)C(C)(CCC)C(=O)O. The first-order valence-electron chi connectivity index (χ1n) is 6.56. The normalized spacial score (nSPS) is 19.8. The third-order valence-electron chi connectivity index (χ3n) is 3.57. The second-order valence-electron chi connectivity index (χ2n) is 5.11. The fourth-order valence-corrected chi connectivity index (χ4v) is 2.41. The zero-order chi connectivity index (χ0) is 12.2. The highest BCUT2D eigenvalue weighted by molar-refractivity contribution is 5.78. The van der Waals surface area contributed by atoms with Crippen molar-refractivity contribution in [3.05, 3.63) is 0 Å². The molecule has 1 saturated carbocycles. The van der Waals surface area contributed by atoms with Crippen LogP contribution in [0.25, 0.3) is 0 Å². The molecule has 1 N–H and O–H groups in total. The molecule has 94 valence electrons. The minimum atomic E-state index is -0.655. The van der Waals surface area contributed by atoms with Crippen LogP contribution < -0.4 is 0 Å². The average Bonchev–Trinajstić information content (AvgIpc) is 3.02. The van der Waals surface area contributed by atoms with E-state index in [1.54, 1.807) is 0 Å². The summed E-state index contributed by atoms with van der Waals surface area (Å²) in [6, 6.07) is 0.527. The van der Waals surface area contributed by atoms with Crippen molar-refractivity contribution in [1.29, 1.82) is 0 Å². The summed E-state index contributed by atoms with van der Waals surface area (Å²) in [6.07, 6.45) is 6.27. The molecule has 0 spiro atoms. The molecule has 0 aromatic carbocycles. The summed E-state index contributed by atoms with van der Waals surface area (Å²) in [7, 11) is 0. The van der Waals surface area contributed by atoms with Crippen molar-refractivity contribution in [3.8, 4) is 0 Å². The van der Waals surface area contributed by atoms with E-state index in [-0.39, 0.29) is 0 Å². The van der Waals surface area contributed by atoms with Gasteiger partial charge in [0.25, 0.3) is 0 Å². The molecule has 0 bridgehead atoms. The summed E-state index contributed by atoms with van der Waals surface area (Å²) in [6.45, 7) is 7.05. The molecule has 0 aromatic heterocycles. The summed E-state index contributed by atoms with van der Waals surface area (Å²) in [5.41, 5.74) is -0.648. The van der Waals surface area contributed by atoms with Crippen molar-refractivity contribution in [2.75, 3.05) is 6.54 Å². The van der Waals surface area contributed by atoms with E-state index in [0.29, 0.717) is 6.04 Å². The first-order valence-corrected chi connectivity index (χ1v) is 6.56.